The Morgan fingerprint density at radius 2 is 1.47 bits per heavy atom. The Morgan fingerprint density at radius 1 is 0.867 bits per heavy atom. The fourth-order valence-corrected chi connectivity index (χ4v) is 3.37. The molecule has 3 rings (SSSR count). The molecule has 3 aromatic carbocycles. The van der Waals surface area contributed by atoms with Crippen molar-refractivity contribution in [3.8, 4) is 5.75 Å². The third kappa shape index (κ3) is 6.37. The summed E-state index contributed by atoms with van der Waals surface area (Å²) in [4.78, 5) is 2.28. The maximum absolute atomic E-state index is 8.35. The van der Waals surface area contributed by atoms with Crippen molar-refractivity contribution in [2.45, 2.75) is 13.8 Å². The van der Waals surface area contributed by atoms with Crippen molar-refractivity contribution >= 4 is 34.6 Å². The number of nitrogens with zero attached hydrogens (tertiary/aromatic N) is 1. The molecule has 0 saturated carbocycles. The van der Waals surface area contributed by atoms with Gasteiger partial charge in [0, 0.05) is 12.1 Å². The van der Waals surface area contributed by atoms with Gasteiger partial charge in [-0.05, 0) is 41.9 Å². The minimum Gasteiger partial charge on any atom is -0.492 e. The second kappa shape index (κ2) is 12.4. The van der Waals surface area contributed by atoms with Crippen LogP contribution < -0.4 is 4.74 Å². The highest BCUT2D eigenvalue weighted by atomic mass is 35.5. The summed E-state index contributed by atoms with van der Waals surface area (Å²) in [5, 5.41) is 0.0957. The molecule has 0 fully saturated rings. The van der Waals surface area contributed by atoms with E-state index < -0.39 is 18.1 Å². The van der Waals surface area contributed by atoms with E-state index in [0.717, 1.165) is 36.5 Å². The molecule has 3 aromatic rings. The van der Waals surface area contributed by atoms with E-state index >= 15 is 0 Å². The lowest BCUT2D eigenvalue weighted by Gasteiger charge is -2.18. The largest absolute Gasteiger partial charge is 0.492 e. The molecule has 0 heterocycles. The molecule has 0 N–H and O–H groups in total. The maximum Gasteiger partial charge on any atom is 0.119 e. The van der Waals surface area contributed by atoms with Gasteiger partial charge in [-0.2, -0.15) is 0 Å². The lowest BCUT2D eigenvalue weighted by Crippen LogP contribution is -2.27. The van der Waals surface area contributed by atoms with Gasteiger partial charge in [-0.3, -0.25) is 0 Å². The van der Waals surface area contributed by atoms with Gasteiger partial charge in [0.25, 0.3) is 0 Å². The van der Waals surface area contributed by atoms with Crippen molar-refractivity contribution in [2.24, 2.45) is 0 Å². The molecule has 158 valence electrons. The Hall–Kier alpha value is -2.26. The molecule has 0 bridgehead atoms. The zero-order valence-electron chi connectivity index (χ0n) is 22.2. The molecule has 0 spiro atoms. The monoisotopic (exact) mass is 446 g/mol. The van der Waals surface area contributed by atoms with Crippen LogP contribution in [0.3, 0.4) is 0 Å². The first-order valence-corrected chi connectivity index (χ1v) is 10.2. The van der Waals surface area contributed by atoms with Crippen LogP contribution in [0.5, 0.6) is 5.75 Å². The minimum absolute atomic E-state index is 0. The molecule has 0 aliphatic heterocycles. The molecule has 0 unspecified atom stereocenters. The predicted molar refractivity (Wildman–Crippen MR) is 132 cm³/mol. The van der Waals surface area contributed by atoms with E-state index in [1.54, 1.807) is 0 Å². The Balaban J connectivity index is 0.00000432. The molecule has 0 atom stereocenters. The quantitative estimate of drug-likeness (QED) is 0.328. The van der Waals surface area contributed by atoms with Crippen LogP contribution in [0, 0.1) is 0 Å². The Labute approximate surface area is 198 Å². The summed E-state index contributed by atoms with van der Waals surface area (Å²) in [6.45, 7) is 7.60. The van der Waals surface area contributed by atoms with Crippen LogP contribution in [0.2, 0.25) is 0 Å². The SMILES string of the molecule is Cl.[2H]c1c([2H])c([2H])c(/C(Cl)=C(/c2ccccc2)c2ccc(OCCN(CC)CC)cc2)c([2H])c1[2H]. The van der Waals surface area contributed by atoms with E-state index in [1.165, 1.54) is 0 Å². The zero-order chi connectivity index (χ0) is 24.8. The van der Waals surface area contributed by atoms with Crippen molar-refractivity contribution in [1.82, 2.24) is 4.90 Å². The van der Waals surface area contributed by atoms with Crippen LogP contribution in [-0.2, 0) is 0 Å². The highest BCUT2D eigenvalue weighted by Gasteiger charge is 2.12. The number of hydrogen-bond donors (Lipinski definition) is 0. The van der Waals surface area contributed by atoms with Crippen LogP contribution in [-0.4, -0.2) is 31.1 Å². The topological polar surface area (TPSA) is 12.5 Å². The van der Waals surface area contributed by atoms with E-state index in [0.29, 0.717) is 12.2 Å². The summed E-state index contributed by atoms with van der Waals surface area (Å²) >= 11 is 6.81. The van der Waals surface area contributed by atoms with E-state index in [2.05, 4.69) is 18.7 Å². The van der Waals surface area contributed by atoms with E-state index in [-0.39, 0.29) is 35.1 Å². The fraction of sp³-hybridized carbons (Fsp3) is 0.231. The van der Waals surface area contributed by atoms with Gasteiger partial charge < -0.3 is 9.64 Å². The number of benzene rings is 3. The molecule has 0 radical (unpaired) electrons. The first-order chi connectivity index (χ1) is 16.3. The number of halogens is 2. The van der Waals surface area contributed by atoms with Gasteiger partial charge in [0.2, 0.25) is 0 Å². The van der Waals surface area contributed by atoms with Crippen LogP contribution in [0.4, 0.5) is 0 Å². The molecule has 0 aliphatic rings. The highest BCUT2D eigenvalue weighted by molar-refractivity contribution is 6.53. The molecular formula is C26H29Cl2NO. The summed E-state index contributed by atoms with van der Waals surface area (Å²) < 4.78 is 46.5. The van der Waals surface area contributed by atoms with E-state index in [9.17, 15) is 0 Å². The highest BCUT2D eigenvalue weighted by Crippen LogP contribution is 2.35. The van der Waals surface area contributed by atoms with E-state index in [4.69, 9.17) is 23.2 Å². The van der Waals surface area contributed by atoms with Gasteiger partial charge in [-0.1, -0.05) is 98.1 Å². The van der Waals surface area contributed by atoms with Crippen molar-refractivity contribution < 1.29 is 11.6 Å². The van der Waals surface area contributed by atoms with Crippen LogP contribution >= 0.6 is 24.0 Å². The van der Waals surface area contributed by atoms with E-state index in [1.807, 2.05) is 54.6 Å². The van der Waals surface area contributed by atoms with Crippen molar-refractivity contribution in [1.29, 1.82) is 0 Å². The normalized spacial score (nSPS) is 13.9. The van der Waals surface area contributed by atoms with Gasteiger partial charge in [-0.25, -0.2) is 0 Å². The molecule has 0 saturated heterocycles. The van der Waals surface area contributed by atoms with Crippen LogP contribution in [0.25, 0.3) is 10.6 Å². The Kier molecular flexibility index (Phi) is 7.22. The average Bonchev–Trinajstić information content (AvgIpc) is 2.86. The smallest absolute Gasteiger partial charge is 0.119 e. The third-order valence-electron chi connectivity index (χ3n) is 4.72. The summed E-state index contributed by atoms with van der Waals surface area (Å²) in [6.07, 6.45) is 0. The third-order valence-corrected chi connectivity index (χ3v) is 5.09. The maximum atomic E-state index is 8.35. The molecular weight excluding hydrogens is 413 g/mol. The molecule has 4 heteroatoms. The molecule has 30 heavy (non-hydrogen) atoms. The van der Waals surface area contributed by atoms with Crippen molar-refractivity contribution in [3.63, 3.8) is 0 Å². The summed E-state index contributed by atoms with van der Waals surface area (Å²) in [7, 11) is 0. The van der Waals surface area contributed by atoms with Crippen molar-refractivity contribution in [3.05, 3.63) is 101 Å². The lowest BCUT2D eigenvalue weighted by molar-refractivity contribution is 0.223. The molecule has 0 aliphatic carbocycles. The predicted octanol–water partition coefficient (Wildman–Crippen LogP) is 6.98. The number of likely N-dealkylation sites (N-methyl/N-ethyl adjacent to an activating group) is 1. The standard InChI is InChI=1S/C26H28ClNO.ClH/c1-3-28(4-2)19-20-29-24-17-15-22(16-18-24)25(21-11-7-5-8-12-21)26(27)23-13-9-6-10-14-23;/h5-18H,3-4,19-20H2,1-2H3;1H/b26-25+;/i6D,9D,10D,13D,14D;. The fourth-order valence-electron chi connectivity index (χ4n) is 3.06. The zero-order valence-corrected chi connectivity index (χ0v) is 18.7. The van der Waals surface area contributed by atoms with Gasteiger partial charge >= 0.3 is 0 Å². The molecule has 0 amide bonds. The van der Waals surface area contributed by atoms with Gasteiger partial charge in [0.05, 0.1) is 11.9 Å². The number of rotatable bonds is 9. The van der Waals surface area contributed by atoms with Gasteiger partial charge in [0.1, 0.15) is 12.4 Å². The first kappa shape index (κ1) is 17.4. The second-order valence-electron chi connectivity index (χ2n) is 6.45. The number of hydrogen-bond acceptors (Lipinski definition) is 2. The van der Waals surface area contributed by atoms with Crippen LogP contribution in [0.1, 0.15) is 37.4 Å². The van der Waals surface area contributed by atoms with Gasteiger partial charge in [-0.15, -0.1) is 12.4 Å². The lowest BCUT2D eigenvalue weighted by atomic mass is 9.95. The van der Waals surface area contributed by atoms with Gasteiger partial charge in [0.15, 0.2) is 0 Å². The second-order valence-corrected chi connectivity index (χ2v) is 6.83. The van der Waals surface area contributed by atoms with Crippen LogP contribution in [0.15, 0.2) is 84.8 Å². The Bertz CT molecular complexity index is 1140. The Morgan fingerprint density at radius 3 is 2.07 bits per heavy atom. The summed E-state index contributed by atoms with van der Waals surface area (Å²) in [5.41, 5.74) is 2.08. The summed E-state index contributed by atoms with van der Waals surface area (Å²) in [6, 6.07) is 14.9. The molecule has 2 nitrogen and oxygen atoms in total. The minimum atomic E-state index is -0.448. The number of ether oxygens (including phenoxy) is 1. The first-order valence-electron chi connectivity index (χ1n) is 12.3. The molecule has 0 aromatic heterocycles. The average molecular weight is 447 g/mol. The van der Waals surface area contributed by atoms with Crippen molar-refractivity contribution in [2.75, 3.05) is 26.2 Å². The summed E-state index contributed by atoms with van der Waals surface area (Å²) in [5.74, 6) is 0.724.